The summed E-state index contributed by atoms with van der Waals surface area (Å²) in [6.45, 7) is 6.33. The van der Waals surface area contributed by atoms with E-state index in [4.69, 9.17) is 0 Å². The zero-order chi connectivity index (χ0) is 11.8. The van der Waals surface area contributed by atoms with Crippen LogP contribution in [0.5, 0.6) is 0 Å². The molecular formula is C11H20N4S. The van der Waals surface area contributed by atoms with Gasteiger partial charge in [-0.1, -0.05) is 4.52 Å². The number of allylic oxidation sites excluding steroid dienone is 1. The lowest BCUT2D eigenvalue weighted by molar-refractivity contribution is 0.333. The Bertz CT molecular complexity index is 325. The van der Waals surface area contributed by atoms with Crippen LogP contribution in [0.3, 0.4) is 0 Å². The van der Waals surface area contributed by atoms with Gasteiger partial charge in [-0.05, 0) is 45.6 Å². The molecule has 1 saturated carbocycles. The van der Waals surface area contributed by atoms with Gasteiger partial charge >= 0.3 is 0 Å². The van der Waals surface area contributed by atoms with E-state index in [2.05, 4.69) is 42.7 Å². The van der Waals surface area contributed by atoms with Gasteiger partial charge < -0.3 is 0 Å². The second kappa shape index (κ2) is 4.30. The molecule has 90 valence electrons. The van der Waals surface area contributed by atoms with Crippen LogP contribution < -0.4 is 10.9 Å². The first-order valence-corrected chi connectivity index (χ1v) is 6.85. The van der Waals surface area contributed by atoms with Gasteiger partial charge in [0.1, 0.15) is 5.84 Å². The number of hydrogen-bond donors (Lipinski definition) is 2. The molecule has 0 saturated heterocycles. The van der Waals surface area contributed by atoms with Crippen molar-refractivity contribution in [3.8, 4) is 0 Å². The molecular weight excluding hydrogens is 220 g/mol. The molecule has 0 atom stereocenters. The number of hydrogen-bond acceptors (Lipinski definition) is 4. The van der Waals surface area contributed by atoms with E-state index >= 15 is 0 Å². The average Bonchev–Trinajstić information content (AvgIpc) is 2.97. The van der Waals surface area contributed by atoms with E-state index in [9.17, 15) is 0 Å². The van der Waals surface area contributed by atoms with E-state index in [0.717, 1.165) is 5.84 Å². The van der Waals surface area contributed by atoms with Gasteiger partial charge in [0.05, 0.1) is 5.54 Å². The third kappa shape index (κ3) is 3.15. The average molecular weight is 240 g/mol. The Balaban J connectivity index is 2.17. The Morgan fingerprint density at radius 2 is 2.06 bits per heavy atom. The molecule has 1 fully saturated rings. The van der Waals surface area contributed by atoms with Crippen LogP contribution in [0.25, 0.3) is 0 Å². The summed E-state index contributed by atoms with van der Waals surface area (Å²) in [4.78, 5) is 4.66. The quantitative estimate of drug-likeness (QED) is 0.725. The highest BCUT2D eigenvalue weighted by Gasteiger charge is 2.30. The van der Waals surface area contributed by atoms with Gasteiger partial charge in [0.25, 0.3) is 0 Å². The van der Waals surface area contributed by atoms with Crippen LogP contribution in [-0.2, 0) is 0 Å². The van der Waals surface area contributed by atoms with Crippen molar-refractivity contribution in [2.75, 3.05) is 6.26 Å². The summed E-state index contributed by atoms with van der Waals surface area (Å²) in [7, 11) is 0. The van der Waals surface area contributed by atoms with E-state index in [0.29, 0.717) is 5.92 Å². The molecule has 2 rings (SSSR count). The van der Waals surface area contributed by atoms with E-state index in [1.807, 2.05) is 10.8 Å². The van der Waals surface area contributed by atoms with Gasteiger partial charge in [0, 0.05) is 23.9 Å². The Hall–Kier alpha value is -0.680. The first-order valence-electron chi connectivity index (χ1n) is 5.67. The van der Waals surface area contributed by atoms with Crippen LogP contribution in [0.4, 0.5) is 0 Å². The number of hydrazine groups is 2. The fourth-order valence-electron chi connectivity index (χ4n) is 1.57. The predicted molar refractivity (Wildman–Crippen MR) is 69.6 cm³/mol. The highest BCUT2D eigenvalue weighted by atomic mass is 32.2. The van der Waals surface area contributed by atoms with Gasteiger partial charge in [-0.2, -0.15) is 0 Å². The first-order chi connectivity index (χ1) is 7.48. The van der Waals surface area contributed by atoms with E-state index in [-0.39, 0.29) is 5.54 Å². The third-order valence-corrected chi connectivity index (χ3v) is 2.94. The van der Waals surface area contributed by atoms with Crippen molar-refractivity contribution in [1.29, 1.82) is 0 Å². The standard InChI is InChI=1S/C11H20N4S/c1-11(2,3)12-10-7-9(8-5-6-8)13-15(14-10)16-4/h7-8,13H,5-6H2,1-4H3,(H,12,14). The molecule has 1 heterocycles. The maximum atomic E-state index is 4.66. The van der Waals surface area contributed by atoms with Crippen molar-refractivity contribution in [2.24, 2.45) is 10.9 Å². The molecule has 0 spiro atoms. The minimum absolute atomic E-state index is 0.0467. The van der Waals surface area contributed by atoms with Gasteiger partial charge in [0.15, 0.2) is 0 Å². The van der Waals surface area contributed by atoms with Crippen molar-refractivity contribution >= 4 is 17.8 Å². The molecule has 0 aromatic carbocycles. The van der Waals surface area contributed by atoms with Gasteiger partial charge in [0.2, 0.25) is 0 Å². The molecule has 0 bridgehead atoms. The highest BCUT2D eigenvalue weighted by molar-refractivity contribution is 7.96. The largest absolute Gasteiger partial charge is 0.295 e. The minimum Gasteiger partial charge on any atom is -0.295 e. The monoisotopic (exact) mass is 240 g/mol. The minimum atomic E-state index is -0.0467. The highest BCUT2D eigenvalue weighted by Crippen LogP contribution is 2.36. The number of rotatable bonds is 2. The predicted octanol–water partition coefficient (Wildman–Crippen LogP) is 2.08. The van der Waals surface area contributed by atoms with Crippen LogP contribution in [0, 0.1) is 5.92 Å². The van der Waals surface area contributed by atoms with Crippen LogP contribution in [0.1, 0.15) is 33.6 Å². The Labute approximate surface area is 102 Å². The number of nitrogens with one attached hydrogen (secondary N) is 2. The second-order valence-corrected chi connectivity index (χ2v) is 5.97. The third-order valence-electron chi connectivity index (χ3n) is 2.39. The normalized spacial score (nSPS) is 25.0. The zero-order valence-corrected chi connectivity index (χ0v) is 11.2. The molecule has 1 aliphatic carbocycles. The molecule has 1 aliphatic heterocycles. The topological polar surface area (TPSA) is 39.7 Å². The van der Waals surface area contributed by atoms with Crippen LogP contribution in [0.15, 0.2) is 16.8 Å². The van der Waals surface area contributed by atoms with Gasteiger partial charge in [-0.3, -0.25) is 15.8 Å². The zero-order valence-electron chi connectivity index (χ0n) is 10.4. The Kier molecular flexibility index (Phi) is 3.17. The molecule has 4 nitrogen and oxygen atoms in total. The van der Waals surface area contributed by atoms with Crippen LogP contribution in [-0.4, -0.2) is 22.2 Å². The lowest BCUT2D eigenvalue weighted by Gasteiger charge is -2.30. The molecule has 0 unspecified atom stereocenters. The van der Waals surface area contributed by atoms with Gasteiger partial charge in [-0.25, -0.2) is 0 Å². The first kappa shape index (κ1) is 11.8. The maximum Gasteiger partial charge on any atom is 0.139 e. The van der Waals surface area contributed by atoms with Crippen LogP contribution >= 0.6 is 11.9 Å². The second-order valence-electron chi connectivity index (χ2n) is 5.24. The van der Waals surface area contributed by atoms with E-state index in [1.165, 1.54) is 18.5 Å². The number of aliphatic imine (C=N–C) groups is 1. The molecule has 2 N–H and O–H groups in total. The van der Waals surface area contributed by atoms with Crippen molar-refractivity contribution in [3.05, 3.63) is 11.8 Å². The molecule has 0 radical (unpaired) electrons. The molecule has 0 aromatic heterocycles. The summed E-state index contributed by atoms with van der Waals surface area (Å²) in [5.74, 6) is 1.66. The summed E-state index contributed by atoms with van der Waals surface area (Å²) in [5.41, 5.74) is 7.82. The van der Waals surface area contributed by atoms with E-state index < -0.39 is 0 Å². The van der Waals surface area contributed by atoms with Crippen molar-refractivity contribution in [2.45, 2.75) is 39.2 Å². The summed E-state index contributed by atoms with van der Waals surface area (Å²) in [6.07, 6.45) is 6.76. The van der Waals surface area contributed by atoms with Crippen molar-refractivity contribution in [3.63, 3.8) is 0 Å². The van der Waals surface area contributed by atoms with Gasteiger partial charge in [-0.15, -0.1) is 0 Å². The Morgan fingerprint density at radius 1 is 1.38 bits per heavy atom. The molecule has 0 aromatic rings. The Morgan fingerprint density at radius 3 is 2.56 bits per heavy atom. The summed E-state index contributed by atoms with van der Waals surface area (Å²) in [5, 5.41) is 0. The molecule has 0 amide bonds. The lowest BCUT2D eigenvalue weighted by Crippen LogP contribution is -2.50. The van der Waals surface area contributed by atoms with Crippen molar-refractivity contribution < 1.29 is 0 Å². The van der Waals surface area contributed by atoms with Crippen LogP contribution in [0.2, 0.25) is 0 Å². The maximum absolute atomic E-state index is 4.66. The smallest absolute Gasteiger partial charge is 0.139 e. The number of nitrogens with zero attached hydrogens (tertiary/aromatic N) is 2. The summed E-state index contributed by atoms with van der Waals surface area (Å²) in [6, 6.07) is 0. The summed E-state index contributed by atoms with van der Waals surface area (Å²) >= 11 is 1.61. The molecule has 16 heavy (non-hydrogen) atoms. The lowest BCUT2D eigenvalue weighted by atomic mass is 10.1. The number of amidine groups is 1. The molecule has 2 aliphatic rings. The van der Waals surface area contributed by atoms with E-state index in [1.54, 1.807) is 11.9 Å². The summed E-state index contributed by atoms with van der Waals surface area (Å²) < 4.78 is 1.91. The SMILES string of the molecule is CSN1NC(C2CC2)=CC(=NC(C)(C)C)N1. The van der Waals surface area contributed by atoms with Crippen molar-refractivity contribution in [1.82, 2.24) is 15.4 Å². The fourth-order valence-corrected chi connectivity index (χ4v) is 1.96. The molecule has 5 heteroatoms. The fraction of sp³-hybridized carbons (Fsp3) is 0.727.